The molecule has 1 N–H and O–H groups in total. The number of hydrogen-bond donors (Lipinski definition) is 1. The second-order valence-electron chi connectivity index (χ2n) is 13.5. The van der Waals surface area contributed by atoms with Crippen LogP contribution in [-0.2, 0) is 9.59 Å². The molecule has 4 aliphatic heterocycles. The van der Waals surface area contributed by atoms with Crippen LogP contribution in [0.5, 0.6) is 0 Å². The predicted molar refractivity (Wildman–Crippen MR) is 192 cm³/mol. The van der Waals surface area contributed by atoms with Crippen LogP contribution in [0.3, 0.4) is 0 Å². The highest BCUT2D eigenvalue weighted by molar-refractivity contribution is 6.33. The summed E-state index contributed by atoms with van der Waals surface area (Å²) in [6.07, 6.45) is 5.61. The molecule has 4 aliphatic rings. The van der Waals surface area contributed by atoms with E-state index >= 15 is 0 Å². The molecule has 0 spiro atoms. The molecule has 0 bridgehead atoms. The number of amides is 7. The highest BCUT2D eigenvalue weighted by Gasteiger charge is 2.45. The molecule has 3 aromatic carbocycles. The number of nitrogens with one attached hydrogen (secondary N) is 1. The molecule has 13 heteroatoms. The lowest BCUT2D eigenvalue weighted by molar-refractivity contribution is -0.136. The minimum atomic E-state index is -1.00. The fourth-order valence-electron chi connectivity index (χ4n) is 7.23. The molecule has 7 amide bonds. The van der Waals surface area contributed by atoms with Crippen LogP contribution < -0.4 is 15.1 Å². The van der Waals surface area contributed by atoms with E-state index in [9.17, 15) is 28.8 Å². The van der Waals surface area contributed by atoms with Crippen LogP contribution >= 0.6 is 11.6 Å². The van der Waals surface area contributed by atoms with E-state index in [1.165, 1.54) is 4.90 Å². The molecule has 3 aromatic rings. The van der Waals surface area contributed by atoms with Gasteiger partial charge in [-0.2, -0.15) is 0 Å². The van der Waals surface area contributed by atoms with E-state index in [2.05, 4.69) is 10.2 Å². The van der Waals surface area contributed by atoms with Gasteiger partial charge in [-0.25, -0.2) is 4.79 Å². The zero-order valence-electron chi connectivity index (χ0n) is 28.3. The van der Waals surface area contributed by atoms with Crippen molar-refractivity contribution >= 4 is 58.5 Å². The second kappa shape index (κ2) is 13.7. The van der Waals surface area contributed by atoms with Crippen molar-refractivity contribution in [2.75, 3.05) is 50.1 Å². The summed E-state index contributed by atoms with van der Waals surface area (Å²) in [6, 6.07) is 16.9. The molecule has 51 heavy (non-hydrogen) atoms. The lowest BCUT2D eigenvalue weighted by atomic mass is 9.95. The number of anilines is 2. The first-order chi connectivity index (χ1) is 24.5. The number of nitrogens with zero attached hydrogens (tertiary/aromatic N) is 5. The summed E-state index contributed by atoms with van der Waals surface area (Å²) in [7, 11) is 3.38. The normalized spacial score (nSPS) is 19.5. The second-order valence-corrected chi connectivity index (χ2v) is 13.9. The van der Waals surface area contributed by atoms with Crippen LogP contribution in [0.4, 0.5) is 16.2 Å². The smallest absolute Gasteiger partial charge is 0.328 e. The van der Waals surface area contributed by atoms with Crippen LogP contribution in [0.2, 0.25) is 5.02 Å². The van der Waals surface area contributed by atoms with Gasteiger partial charge in [-0.05, 0) is 79.3 Å². The van der Waals surface area contributed by atoms with Crippen molar-refractivity contribution in [3.63, 3.8) is 0 Å². The zero-order valence-corrected chi connectivity index (χ0v) is 29.1. The lowest BCUT2D eigenvalue weighted by Crippen LogP contribution is -2.54. The van der Waals surface area contributed by atoms with Gasteiger partial charge in [-0.1, -0.05) is 29.8 Å². The number of carbonyl (C=O) groups is 6. The van der Waals surface area contributed by atoms with Crippen molar-refractivity contribution in [2.45, 2.75) is 31.7 Å². The molecule has 262 valence electrons. The lowest BCUT2D eigenvalue weighted by Gasteiger charge is -2.38. The van der Waals surface area contributed by atoms with Gasteiger partial charge >= 0.3 is 6.03 Å². The molecule has 0 aliphatic carbocycles. The molecular weight excluding hydrogens is 672 g/mol. The Kier molecular flexibility index (Phi) is 9.11. The summed E-state index contributed by atoms with van der Waals surface area (Å²) in [5.41, 5.74) is 4.13. The largest absolute Gasteiger partial charge is 0.371 e. The number of halogens is 1. The Balaban J connectivity index is 0.978. The number of hydrogen-bond acceptors (Lipinski definition) is 7. The van der Waals surface area contributed by atoms with Gasteiger partial charge in [-0.3, -0.25) is 39.1 Å². The summed E-state index contributed by atoms with van der Waals surface area (Å²) in [5, 5.41) is 2.67. The Hall–Kier alpha value is -5.49. The van der Waals surface area contributed by atoms with E-state index in [0.717, 1.165) is 34.6 Å². The fraction of sp³-hybridized carbons (Fsp3) is 0.316. The third-order valence-corrected chi connectivity index (χ3v) is 10.3. The van der Waals surface area contributed by atoms with Crippen LogP contribution in [0.1, 0.15) is 56.8 Å². The van der Waals surface area contributed by atoms with Gasteiger partial charge in [0.1, 0.15) is 6.04 Å². The first-order valence-electron chi connectivity index (χ1n) is 17.0. The molecule has 0 radical (unpaired) electrons. The molecule has 0 aromatic heterocycles. The van der Waals surface area contributed by atoms with E-state index in [4.69, 9.17) is 11.6 Å². The highest BCUT2D eigenvalue weighted by atomic mass is 35.5. The number of piperidine rings is 2. The molecule has 1 unspecified atom stereocenters. The van der Waals surface area contributed by atoms with E-state index in [0.29, 0.717) is 42.5 Å². The Morgan fingerprint density at radius 2 is 1.61 bits per heavy atom. The van der Waals surface area contributed by atoms with E-state index in [-0.39, 0.29) is 41.8 Å². The molecule has 0 saturated carbocycles. The minimum absolute atomic E-state index is 0.0707. The maximum absolute atomic E-state index is 13.7. The van der Waals surface area contributed by atoms with Crippen molar-refractivity contribution in [1.29, 1.82) is 0 Å². The number of rotatable bonds is 7. The number of fused-ring (bicyclic) bond motifs is 1. The van der Waals surface area contributed by atoms with Gasteiger partial charge < -0.3 is 14.7 Å². The topological polar surface area (TPSA) is 131 Å². The van der Waals surface area contributed by atoms with E-state index in [1.807, 2.05) is 47.4 Å². The average molecular weight is 709 g/mol. The summed E-state index contributed by atoms with van der Waals surface area (Å²) in [6.45, 7) is 2.53. The first kappa shape index (κ1) is 34.0. The van der Waals surface area contributed by atoms with Crippen LogP contribution in [-0.4, -0.2) is 96.6 Å². The van der Waals surface area contributed by atoms with Crippen molar-refractivity contribution < 1.29 is 28.8 Å². The van der Waals surface area contributed by atoms with E-state index < -0.39 is 29.7 Å². The Labute approximate surface area is 300 Å². The Bertz CT molecular complexity index is 2000. The van der Waals surface area contributed by atoms with Crippen molar-refractivity contribution in [3.05, 3.63) is 94.7 Å². The quantitative estimate of drug-likeness (QED) is 0.350. The molecule has 4 heterocycles. The predicted octanol–water partition coefficient (Wildman–Crippen LogP) is 4.78. The SMILES string of the molecule is CN(C)C(=O)c1ccc(-c2cccc(N3C=CCN(CC4CCN(c5ccc6c(c5)C(=O)N(C5CCC(=O)NC5=O)C6=O)CC4)C3=O)c2)c(Cl)c1. The Morgan fingerprint density at radius 3 is 2.33 bits per heavy atom. The molecule has 12 nitrogen and oxygen atoms in total. The van der Waals surface area contributed by atoms with Gasteiger partial charge in [0.15, 0.2) is 0 Å². The van der Waals surface area contributed by atoms with Crippen molar-refractivity contribution in [3.8, 4) is 11.1 Å². The summed E-state index contributed by atoms with van der Waals surface area (Å²) < 4.78 is 0. The standard InChI is InChI=1S/C38H37ClN6O6/c1-41(2)35(48)25-7-9-28(31(39)20-25)24-5-3-6-27(19-24)44-16-4-15-43(38(44)51)22-23-13-17-42(18-14-23)26-8-10-29-30(21-26)37(50)45(36(29)49)32-11-12-33(46)40-34(32)47/h3-10,16,19-21,23,32H,11-15,17-18,22H2,1-2H3,(H,40,46,47). The minimum Gasteiger partial charge on any atom is -0.371 e. The zero-order chi connectivity index (χ0) is 36.0. The van der Waals surface area contributed by atoms with Crippen LogP contribution in [0, 0.1) is 5.92 Å². The molecule has 2 fully saturated rings. The third-order valence-electron chi connectivity index (χ3n) is 10.00. The molecular formula is C38H37ClN6O6. The summed E-state index contributed by atoms with van der Waals surface area (Å²) in [4.78, 5) is 84.7. The fourth-order valence-corrected chi connectivity index (χ4v) is 7.52. The van der Waals surface area contributed by atoms with Crippen LogP contribution in [0.15, 0.2) is 72.9 Å². The number of benzene rings is 3. The number of carbonyl (C=O) groups excluding carboxylic acids is 6. The van der Waals surface area contributed by atoms with E-state index in [1.54, 1.807) is 49.5 Å². The van der Waals surface area contributed by atoms with Gasteiger partial charge in [0, 0.05) is 74.7 Å². The van der Waals surface area contributed by atoms with Crippen LogP contribution in [0.25, 0.3) is 11.1 Å². The Morgan fingerprint density at radius 1 is 0.863 bits per heavy atom. The molecule has 2 saturated heterocycles. The summed E-state index contributed by atoms with van der Waals surface area (Å²) >= 11 is 6.61. The van der Waals surface area contributed by atoms with Gasteiger partial charge in [0.25, 0.3) is 17.7 Å². The maximum Gasteiger partial charge on any atom is 0.328 e. The van der Waals surface area contributed by atoms with Gasteiger partial charge in [0.2, 0.25) is 11.8 Å². The summed E-state index contributed by atoms with van der Waals surface area (Å²) in [5.74, 6) is -1.95. The monoisotopic (exact) mass is 708 g/mol. The van der Waals surface area contributed by atoms with Crippen molar-refractivity contribution in [1.82, 2.24) is 20.0 Å². The molecule has 7 rings (SSSR count). The third kappa shape index (κ3) is 6.47. The average Bonchev–Trinajstić information content (AvgIpc) is 3.37. The number of imide groups is 2. The molecule has 1 atom stereocenters. The van der Waals surface area contributed by atoms with Gasteiger partial charge in [0.05, 0.1) is 16.8 Å². The number of urea groups is 1. The first-order valence-corrected chi connectivity index (χ1v) is 17.3. The highest BCUT2D eigenvalue weighted by Crippen LogP contribution is 2.34. The van der Waals surface area contributed by atoms with Crippen molar-refractivity contribution in [2.24, 2.45) is 5.92 Å². The van der Waals surface area contributed by atoms with Gasteiger partial charge in [-0.15, -0.1) is 0 Å². The maximum atomic E-state index is 13.7.